The summed E-state index contributed by atoms with van der Waals surface area (Å²) in [5.41, 5.74) is 0. The van der Waals surface area contributed by atoms with E-state index in [1.807, 2.05) is 27.7 Å². The molecule has 0 saturated carbocycles. The van der Waals surface area contributed by atoms with Crippen LogP contribution in [0, 0.1) is 5.92 Å². The second-order valence-corrected chi connectivity index (χ2v) is 3.90. The molecule has 0 unspecified atom stereocenters. The van der Waals surface area contributed by atoms with E-state index in [0.717, 1.165) is 5.92 Å². The van der Waals surface area contributed by atoms with E-state index < -0.39 is 0 Å². The molecule has 1 aromatic rings. The van der Waals surface area contributed by atoms with Gasteiger partial charge in [0, 0.05) is 12.2 Å². The molecule has 0 aliphatic carbocycles. The minimum atomic E-state index is -0.287. The summed E-state index contributed by atoms with van der Waals surface area (Å²) in [6, 6.07) is 0.191. The molecule has 0 aliphatic rings. The zero-order valence-corrected chi connectivity index (χ0v) is 11.1. The van der Waals surface area contributed by atoms with Crippen LogP contribution in [-0.2, 0) is 0 Å². The van der Waals surface area contributed by atoms with Crippen LogP contribution in [0.3, 0.4) is 0 Å². The van der Waals surface area contributed by atoms with Crippen LogP contribution in [0.5, 0.6) is 0 Å². The molecule has 0 atom stereocenters. The quantitative estimate of drug-likeness (QED) is 0.715. The Kier molecular flexibility index (Phi) is 10.5. The summed E-state index contributed by atoms with van der Waals surface area (Å²) in [6.45, 7) is 14.4. The van der Waals surface area contributed by atoms with Crippen molar-refractivity contribution in [3.8, 4) is 0 Å². The smallest absolute Gasteiger partial charge is 0.416 e. The number of aromatic nitrogens is 1. The predicted molar refractivity (Wildman–Crippen MR) is 65.2 cm³/mol. The molecule has 3 heteroatoms. The Morgan fingerprint density at radius 1 is 1.13 bits per heavy atom. The lowest BCUT2D eigenvalue weighted by Gasteiger charge is -2.00. The highest BCUT2D eigenvalue weighted by molar-refractivity contribution is 4.72. The van der Waals surface area contributed by atoms with Crippen molar-refractivity contribution in [3.05, 3.63) is 23.0 Å². The molecule has 0 amide bonds. The van der Waals surface area contributed by atoms with Crippen LogP contribution in [0.15, 0.2) is 21.7 Å². The van der Waals surface area contributed by atoms with E-state index in [1.54, 1.807) is 6.20 Å². The van der Waals surface area contributed by atoms with Gasteiger partial charge >= 0.3 is 5.76 Å². The van der Waals surface area contributed by atoms with E-state index in [9.17, 15) is 4.79 Å². The van der Waals surface area contributed by atoms with Crippen LogP contribution >= 0.6 is 0 Å². The molecule has 0 bridgehead atoms. The van der Waals surface area contributed by atoms with Gasteiger partial charge in [0.1, 0.15) is 6.26 Å². The van der Waals surface area contributed by atoms with Gasteiger partial charge in [-0.1, -0.05) is 34.6 Å². The number of rotatable bonds is 1. The number of oxazole rings is 1. The van der Waals surface area contributed by atoms with Crippen molar-refractivity contribution < 1.29 is 4.42 Å². The minimum absolute atomic E-state index is 0.191. The highest BCUT2D eigenvalue weighted by atomic mass is 16.4. The fourth-order valence-electron chi connectivity index (χ4n) is 0.659. The average Bonchev–Trinajstić information content (AvgIpc) is 2.54. The van der Waals surface area contributed by atoms with E-state index >= 15 is 0 Å². The van der Waals surface area contributed by atoms with Crippen LogP contribution in [-0.4, -0.2) is 4.57 Å². The van der Waals surface area contributed by atoms with Gasteiger partial charge in [-0.2, -0.15) is 0 Å². The van der Waals surface area contributed by atoms with Gasteiger partial charge in [0.25, 0.3) is 0 Å². The first-order valence-corrected chi connectivity index (χ1v) is 5.60. The molecular formula is C12H25NO2. The van der Waals surface area contributed by atoms with Crippen LogP contribution in [0.4, 0.5) is 0 Å². The molecule has 90 valence electrons. The lowest BCUT2D eigenvalue weighted by Crippen LogP contribution is -2.14. The van der Waals surface area contributed by atoms with E-state index in [0.29, 0.717) is 0 Å². The SMILES string of the molecule is CC.CC(C)C.CC(C)n1ccoc1=O. The summed E-state index contributed by atoms with van der Waals surface area (Å²) in [6.07, 6.45) is 3.02. The lowest BCUT2D eigenvalue weighted by molar-refractivity contribution is 0.456. The third kappa shape index (κ3) is 9.32. The molecular weight excluding hydrogens is 190 g/mol. The normalized spacial score (nSPS) is 9.13. The molecule has 0 aliphatic heterocycles. The minimum Gasteiger partial charge on any atom is -0.416 e. The second kappa shape index (κ2) is 9.56. The summed E-state index contributed by atoms with van der Waals surface area (Å²) in [5, 5.41) is 0. The molecule has 1 aromatic heterocycles. The third-order valence-electron chi connectivity index (χ3n) is 1.16. The van der Waals surface area contributed by atoms with Crippen molar-refractivity contribution in [1.82, 2.24) is 4.57 Å². The molecule has 0 fully saturated rings. The van der Waals surface area contributed by atoms with Crippen molar-refractivity contribution in [2.24, 2.45) is 5.92 Å². The summed E-state index contributed by atoms with van der Waals surface area (Å²) in [7, 11) is 0. The van der Waals surface area contributed by atoms with Gasteiger partial charge in [0.05, 0.1) is 0 Å². The molecule has 1 rings (SSSR count). The fourth-order valence-corrected chi connectivity index (χ4v) is 0.659. The summed E-state index contributed by atoms with van der Waals surface area (Å²) < 4.78 is 6.06. The summed E-state index contributed by atoms with van der Waals surface area (Å²) >= 11 is 0. The number of hydrogen-bond donors (Lipinski definition) is 0. The van der Waals surface area contributed by atoms with Crippen molar-refractivity contribution in [2.45, 2.75) is 54.5 Å². The van der Waals surface area contributed by atoms with E-state index in [1.165, 1.54) is 10.8 Å². The maximum atomic E-state index is 10.7. The van der Waals surface area contributed by atoms with Crippen LogP contribution in [0.1, 0.15) is 54.5 Å². The standard InChI is InChI=1S/C6H9NO2.C4H10.C2H6/c1-5(2)7-3-4-9-6(7)8;1-4(2)3;1-2/h3-5H,1-2H3;4H,1-3H3;1-2H3. The van der Waals surface area contributed by atoms with Gasteiger partial charge in [-0.25, -0.2) is 4.79 Å². The largest absolute Gasteiger partial charge is 0.419 e. The second-order valence-electron chi connectivity index (χ2n) is 3.90. The fraction of sp³-hybridized carbons (Fsp3) is 0.750. The zero-order chi connectivity index (χ0) is 12.4. The monoisotopic (exact) mass is 215 g/mol. The summed E-state index contributed by atoms with van der Waals surface area (Å²) in [4.78, 5) is 10.7. The molecule has 0 radical (unpaired) electrons. The Morgan fingerprint density at radius 2 is 1.53 bits per heavy atom. The Labute approximate surface area is 93.1 Å². The molecule has 0 aromatic carbocycles. The van der Waals surface area contributed by atoms with Gasteiger partial charge in [0.2, 0.25) is 0 Å². The molecule has 3 nitrogen and oxygen atoms in total. The van der Waals surface area contributed by atoms with Crippen molar-refractivity contribution >= 4 is 0 Å². The Bertz CT molecular complexity index is 268. The molecule has 0 saturated heterocycles. The van der Waals surface area contributed by atoms with Gasteiger partial charge in [0.15, 0.2) is 0 Å². The van der Waals surface area contributed by atoms with Gasteiger partial charge in [-0.3, -0.25) is 4.57 Å². The van der Waals surface area contributed by atoms with Gasteiger partial charge in [-0.05, 0) is 19.8 Å². The first kappa shape index (κ1) is 16.4. The highest BCUT2D eigenvalue weighted by Gasteiger charge is 1.99. The Balaban J connectivity index is 0. The van der Waals surface area contributed by atoms with Gasteiger partial charge < -0.3 is 4.42 Å². The van der Waals surface area contributed by atoms with E-state index in [2.05, 4.69) is 25.2 Å². The van der Waals surface area contributed by atoms with Crippen LogP contribution in [0.2, 0.25) is 0 Å². The van der Waals surface area contributed by atoms with Crippen LogP contribution in [0.25, 0.3) is 0 Å². The van der Waals surface area contributed by atoms with E-state index in [-0.39, 0.29) is 11.8 Å². The van der Waals surface area contributed by atoms with Crippen molar-refractivity contribution in [2.75, 3.05) is 0 Å². The first-order chi connectivity index (χ1) is 6.95. The highest BCUT2D eigenvalue weighted by Crippen LogP contribution is 1.97. The maximum absolute atomic E-state index is 10.7. The van der Waals surface area contributed by atoms with Gasteiger partial charge in [-0.15, -0.1) is 0 Å². The van der Waals surface area contributed by atoms with E-state index in [4.69, 9.17) is 0 Å². The topological polar surface area (TPSA) is 35.1 Å². The maximum Gasteiger partial charge on any atom is 0.419 e. The molecule has 1 heterocycles. The molecule has 0 spiro atoms. The molecule has 0 N–H and O–H groups in total. The predicted octanol–water partition coefficient (Wildman–Crippen LogP) is 3.71. The zero-order valence-electron chi connectivity index (χ0n) is 11.1. The third-order valence-corrected chi connectivity index (χ3v) is 1.16. The first-order valence-electron chi connectivity index (χ1n) is 5.60. The Morgan fingerprint density at radius 3 is 1.67 bits per heavy atom. The average molecular weight is 215 g/mol. The van der Waals surface area contributed by atoms with Crippen molar-refractivity contribution in [3.63, 3.8) is 0 Å². The number of nitrogens with zero attached hydrogens (tertiary/aromatic N) is 1. The lowest BCUT2D eigenvalue weighted by atomic mass is 10.3. The Hall–Kier alpha value is -0.990. The van der Waals surface area contributed by atoms with Crippen LogP contribution < -0.4 is 5.76 Å². The molecule has 15 heavy (non-hydrogen) atoms. The summed E-state index contributed by atoms with van der Waals surface area (Å²) in [5.74, 6) is 0.546. The number of hydrogen-bond acceptors (Lipinski definition) is 2. The van der Waals surface area contributed by atoms with Crippen molar-refractivity contribution in [1.29, 1.82) is 0 Å².